The highest BCUT2D eigenvalue weighted by molar-refractivity contribution is 7.89. The molecule has 1 unspecified atom stereocenters. The Morgan fingerprint density at radius 1 is 1.27 bits per heavy atom. The fourth-order valence-electron chi connectivity index (χ4n) is 3.20. The molecule has 22 heavy (non-hydrogen) atoms. The number of benzene rings is 1. The molecular weight excluding hydrogens is 298 g/mol. The number of rotatable bonds is 6. The average Bonchev–Trinajstić information content (AvgIpc) is 2.92. The molecule has 1 aromatic carbocycles. The van der Waals surface area contributed by atoms with E-state index in [0.717, 1.165) is 18.7 Å². The van der Waals surface area contributed by atoms with Crippen LogP contribution in [-0.2, 0) is 16.4 Å². The Morgan fingerprint density at radius 3 is 2.45 bits per heavy atom. The van der Waals surface area contributed by atoms with Gasteiger partial charge in [-0.1, -0.05) is 32.0 Å². The van der Waals surface area contributed by atoms with Gasteiger partial charge < -0.3 is 10.6 Å². The summed E-state index contributed by atoms with van der Waals surface area (Å²) in [4.78, 5) is 2.13. The molecule has 0 fully saturated rings. The van der Waals surface area contributed by atoms with Gasteiger partial charge in [-0.05, 0) is 31.9 Å². The zero-order valence-corrected chi connectivity index (χ0v) is 14.7. The van der Waals surface area contributed by atoms with E-state index in [1.54, 1.807) is 0 Å². The molecule has 0 aromatic heterocycles. The molecule has 1 aromatic rings. The van der Waals surface area contributed by atoms with Gasteiger partial charge in [0.2, 0.25) is 10.0 Å². The standard InChI is InChI=1S/C16H27N3O2S/c1-5-18(6-2)22(20,21)15(17)16(3,4)19-12-11-13-9-7-8-10-14(13)19/h7-10,15H,5-6,11-12,17H2,1-4H3. The van der Waals surface area contributed by atoms with Gasteiger partial charge in [-0.15, -0.1) is 0 Å². The fourth-order valence-corrected chi connectivity index (χ4v) is 5.10. The van der Waals surface area contributed by atoms with Crippen LogP contribution in [-0.4, -0.2) is 43.3 Å². The van der Waals surface area contributed by atoms with Crippen molar-refractivity contribution in [2.75, 3.05) is 24.5 Å². The van der Waals surface area contributed by atoms with Crippen LogP contribution in [0.25, 0.3) is 0 Å². The molecular formula is C16H27N3O2S. The summed E-state index contributed by atoms with van der Waals surface area (Å²) in [6.45, 7) is 9.20. The summed E-state index contributed by atoms with van der Waals surface area (Å²) in [5.74, 6) is 0. The second-order valence-electron chi connectivity index (χ2n) is 6.23. The number of nitrogens with two attached hydrogens (primary N) is 1. The second-order valence-corrected chi connectivity index (χ2v) is 8.29. The molecule has 0 bridgehead atoms. The molecule has 0 saturated carbocycles. The molecule has 5 nitrogen and oxygen atoms in total. The predicted molar refractivity (Wildman–Crippen MR) is 91.4 cm³/mol. The van der Waals surface area contributed by atoms with Crippen LogP contribution in [0.2, 0.25) is 0 Å². The molecule has 0 amide bonds. The lowest BCUT2D eigenvalue weighted by Gasteiger charge is -2.42. The van der Waals surface area contributed by atoms with Crippen LogP contribution in [0.1, 0.15) is 33.3 Å². The Kier molecular flexibility index (Phi) is 4.84. The molecule has 6 heteroatoms. The van der Waals surface area contributed by atoms with Gasteiger partial charge in [-0.3, -0.25) is 0 Å². The first-order valence-electron chi connectivity index (χ1n) is 7.86. The van der Waals surface area contributed by atoms with Crippen molar-refractivity contribution >= 4 is 15.7 Å². The normalized spacial score (nSPS) is 16.9. The summed E-state index contributed by atoms with van der Waals surface area (Å²) in [7, 11) is -3.53. The lowest BCUT2D eigenvalue weighted by molar-refractivity contribution is 0.388. The van der Waals surface area contributed by atoms with Gasteiger partial charge in [0.25, 0.3) is 0 Å². The van der Waals surface area contributed by atoms with Crippen LogP contribution < -0.4 is 10.6 Å². The van der Waals surface area contributed by atoms with Gasteiger partial charge in [-0.2, -0.15) is 0 Å². The molecule has 2 rings (SSSR count). The van der Waals surface area contributed by atoms with Gasteiger partial charge in [0.05, 0.1) is 5.54 Å². The lowest BCUT2D eigenvalue weighted by atomic mass is 10.0. The smallest absolute Gasteiger partial charge is 0.232 e. The maximum absolute atomic E-state index is 12.8. The maximum Gasteiger partial charge on any atom is 0.232 e. The van der Waals surface area contributed by atoms with Gasteiger partial charge in [0.15, 0.2) is 0 Å². The van der Waals surface area contributed by atoms with Gasteiger partial charge in [0.1, 0.15) is 5.37 Å². The third-order valence-corrected chi connectivity index (χ3v) is 7.12. The molecule has 1 aliphatic heterocycles. The van der Waals surface area contributed by atoms with E-state index in [1.165, 1.54) is 9.87 Å². The van der Waals surface area contributed by atoms with E-state index in [1.807, 2.05) is 45.9 Å². The van der Waals surface area contributed by atoms with Crippen molar-refractivity contribution in [3.05, 3.63) is 29.8 Å². The summed E-state index contributed by atoms with van der Waals surface area (Å²) in [6.07, 6.45) is 0.928. The number of hydrogen-bond donors (Lipinski definition) is 1. The predicted octanol–water partition coefficient (Wildman–Crippen LogP) is 1.78. The van der Waals surface area contributed by atoms with E-state index in [2.05, 4.69) is 11.0 Å². The second kappa shape index (κ2) is 6.18. The zero-order chi connectivity index (χ0) is 16.5. The Bertz CT molecular complexity index is 624. The number of hydrogen-bond acceptors (Lipinski definition) is 4. The van der Waals surface area contributed by atoms with E-state index >= 15 is 0 Å². The van der Waals surface area contributed by atoms with Gasteiger partial charge >= 0.3 is 0 Å². The molecule has 1 aliphatic rings. The van der Waals surface area contributed by atoms with Gasteiger partial charge in [-0.25, -0.2) is 12.7 Å². The van der Waals surface area contributed by atoms with Crippen LogP contribution in [0, 0.1) is 0 Å². The van der Waals surface area contributed by atoms with Crippen molar-refractivity contribution in [1.82, 2.24) is 4.31 Å². The number of fused-ring (bicyclic) bond motifs is 1. The van der Waals surface area contributed by atoms with Crippen molar-refractivity contribution in [3.63, 3.8) is 0 Å². The summed E-state index contributed by atoms with van der Waals surface area (Å²) in [5, 5.41) is -0.967. The van der Waals surface area contributed by atoms with Crippen molar-refractivity contribution < 1.29 is 8.42 Å². The monoisotopic (exact) mass is 325 g/mol. The first kappa shape index (κ1) is 17.2. The van der Waals surface area contributed by atoms with E-state index in [4.69, 9.17) is 5.73 Å². The fraction of sp³-hybridized carbons (Fsp3) is 0.625. The minimum atomic E-state index is -3.53. The Morgan fingerprint density at radius 2 is 1.86 bits per heavy atom. The molecule has 0 radical (unpaired) electrons. The Hall–Kier alpha value is -1.11. The van der Waals surface area contributed by atoms with Crippen LogP contribution in [0.4, 0.5) is 5.69 Å². The first-order valence-corrected chi connectivity index (χ1v) is 9.37. The Balaban J connectivity index is 2.35. The molecule has 2 N–H and O–H groups in total. The maximum atomic E-state index is 12.8. The summed E-state index contributed by atoms with van der Waals surface area (Å²) in [5.41, 5.74) is 7.92. The summed E-state index contributed by atoms with van der Waals surface area (Å²) < 4.78 is 27.0. The topological polar surface area (TPSA) is 66.6 Å². The third kappa shape index (κ3) is 2.75. The highest BCUT2D eigenvalue weighted by atomic mass is 32.2. The highest BCUT2D eigenvalue weighted by Gasteiger charge is 2.44. The number of para-hydroxylation sites is 1. The molecule has 0 saturated heterocycles. The molecule has 124 valence electrons. The lowest BCUT2D eigenvalue weighted by Crippen LogP contribution is -2.61. The van der Waals surface area contributed by atoms with Crippen molar-refractivity contribution in [3.8, 4) is 0 Å². The minimum absolute atomic E-state index is 0.444. The molecule has 0 aliphatic carbocycles. The van der Waals surface area contributed by atoms with Crippen molar-refractivity contribution in [1.29, 1.82) is 0 Å². The quantitative estimate of drug-likeness (QED) is 0.866. The third-order valence-electron chi connectivity index (χ3n) is 4.67. The summed E-state index contributed by atoms with van der Waals surface area (Å²) >= 11 is 0. The molecule has 1 atom stereocenters. The van der Waals surface area contributed by atoms with Crippen LogP contribution in [0.3, 0.4) is 0 Å². The van der Waals surface area contributed by atoms with Gasteiger partial charge in [0, 0.05) is 25.3 Å². The Labute approximate surface area is 134 Å². The van der Waals surface area contributed by atoms with Crippen molar-refractivity contribution in [2.24, 2.45) is 5.73 Å². The molecule has 0 spiro atoms. The SMILES string of the molecule is CCN(CC)S(=O)(=O)C(N)C(C)(C)N1CCc2ccccc21. The van der Waals surface area contributed by atoms with E-state index in [0.29, 0.717) is 13.1 Å². The summed E-state index contributed by atoms with van der Waals surface area (Å²) in [6, 6.07) is 8.14. The van der Waals surface area contributed by atoms with Crippen molar-refractivity contribution in [2.45, 2.75) is 45.0 Å². The number of anilines is 1. The zero-order valence-electron chi connectivity index (χ0n) is 13.9. The molecule has 1 heterocycles. The van der Waals surface area contributed by atoms with E-state index in [9.17, 15) is 8.42 Å². The van der Waals surface area contributed by atoms with E-state index in [-0.39, 0.29) is 0 Å². The van der Waals surface area contributed by atoms with Crippen LogP contribution >= 0.6 is 0 Å². The average molecular weight is 325 g/mol. The van der Waals surface area contributed by atoms with E-state index < -0.39 is 20.9 Å². The van der Waals surface area contributed by atoms with Crippen LogP contribution in [0.15, 0.2) is 24.3 Å². The number of nitrogens with zero attached hydrogens (tertiary/aromatic N) is 2. The first-order chi connectivity index (χ1) is 10.3. The number of sulfonamides is 1. The minimum Gasteiger partial charge on any atom is -0.363 e. The van der Waals surface area contributed by atoms with Crippen LogP contribution in [0.5, 0.6) is 0 Å². The largest absolute Gasteiger partial charge is 0.363 e. The highest BCUT2D eigenvalue weighted by Crippen LogP contribution is 2.36.